The van der Waals surface area contributed by atoms with E-state index in [0.29, 0.717) is 5.92 Å². The number of amides is 1. The van der Waals surface area contributed by atoms with Gasteiger partial charge in [0.25, 0.3) is 0 Å². The molecular weight excluding hydrogens is 286 g/mol. The van der Waals surface area contributed by atoms with E-state index in [1.54, 1.807) is 12.5 Å². The standard InChI is InChI=1S/C19H25N3O/c1-15-5-7-17(8-6-15)12-18-4-3-10-21(13-18)19(23)16(2)22-11-9-20-14-22/h5-9,11,14,16,18H,3-4,10,12-13H2,1-2H3/t16-,18+/m1/s1. The van der Waals surface area contributed by atoms with Crippen LogP contribution >= 0.6 is 0 Å². The summed E-state index contributed by atoms with van der Waals surface area (Å²) < 4.78 is 1.88. The smallest absolute Gasteiger partial charge is 0.245 e. The number of nitrogens with zero attached hydrogens (tertiary/aromatic N) is 3. The van der Waals surface area contributed by atoms with Crippen molar-refractivity contribution in [1.29, 1.82) is 0 Å². The second-order valence-electron chi connectivity index (χ2n) is 6.67. The van der Waals surface area contributed by atoms with Gasteiger partial charge in [-0.05, 0) is 44.6 Å². The quantitative estimate of drug-likeness (QED) is 0.869. The minimum absolute atomic E-state index is 0.171. The zero-order valence-electron chi connectivity index (χ0n) is 14.0. The van der Waals surface area contributed by atoms with Crippen LogP contribution in [0.15, 0.2) is 43.0 Å². The van der Waals surface area contributed by atoms with E-state index >= 15 is 0 Å². The summed E-state index contributed by atoms with van der Waals surface area (Å²) in [7, 11) is 0. The molecule has 23 heavy (non-hydrogen) atoms. The molecule has 0 aliphatic carbocycles. The van der Waals surface area contributed by atoms with Crippen LogP contribution in [-0.2, 0) is 11.2 Å². The van der Waals surface area contributed by atoms with Gasteiger partial charge in [0.1, 0.15) is 6.04 Å². The maximum atomic E-state index is 12.7. The normalized spacial score (nSPS) is 19.6. The predicted molar refractivity (Wildman–Crippen MR) is 91.1 cm³/mol. The third-order valence-electron chi connectivity index (χ3n) is 4.81. The first kappa shape index (κ1) is 15.8. The fraction of sp³-hybridized carbons (Fsp3) is 0.474. The molecule has 1 saturated heterocycles. The van der Waals surface area contributed by atoms with Crippen LogP contribution in [0.2, 0.25) is 0 Å². The van der Waals surface area contributed by atoms with Crippen molar-refractivity contribution in [3.63, 3.8) is 0 Å². The lowest BCUT2D eigenvalue weighted by molar-refractivity contribution is -0.136. The van der Waals surface area contributed by atoms with Gasteiger partial charge < -0.3 is 9.47 Å². The summed E-state index contributed by atoms with van der Waals surface area (Å²) >= 11 is 0. The Bertz CT molecular complexity index is 633. The molecule has 1 aromatic carbocycles. The second-order valence-corrected chi connectivity index (χ2v) is 6.67. The number of piperidine rings is 1. The monoisotopic (exact) mass is 311 g/mol. The van der Waals surface area contributed by atoms with Crippen molar-refractivity contribution >= 4 is 5.91 Å². The lowest BCUT2D eigenvalue weighted by atomic mass is 9.91. The van der Waals surface area contributed by atoms with Crippen molar-refractivity contribution in [2.75, 3.05) is 13.1 Å². The summed E-state index contributed by atoms with van der Waals surface area (Å²) in [5.74, 6) is 0.766. The molecule has 0 spiro atoms. The van der Waals surface area contributed by atoms with Crippen LogP contribution < -0.4 is 0 Å². The van der Waals surface area contributed by atoms with Gasteiger partial charge in [0.2, 0.25) is 5.91 Å². The topological polar surface area (TPSA) is 38.1 Å². The zero-order chi connectivity index (χ0) is 16.2. The first-order valence-electron chi connectivity index (χ1n) is 8.45. The van der Waals surface area contributed by atoms with E-state index in [2.05, 4.69) is 36.2 Å². The number of hydrogen-bond donors (Lipinski definition) is 0. The molecule has 2 heterocycles. The molecule has 0 unspecified atom stereocenters. The van der Waals surface area contributed by atoms with Crippen LogP contribution in [0, 0.1) is 12.8 Å². The number of hydrogen-bond acceptors (Lipinski definition) is 2. The van der Waals surface area contributed by atoms with E-state index in [9.17, 15) is 4.79 Å². The molecule has 1 aliphatic heterocycles. The van der Waals surface area contributed by atoms with Crippen molar-refractivity contribution < 1.29 is 4.79 Å². The molecule has 1 fully saturated rings. The number of imidazole rings is 1. The van der Waals surface area contributed by atoms with Crippen LogP contribution in [0.25, 0.3) is 0 Å². The molecule has 0 radical (unpaired) electrons. The number of carbonyl (C=O) groups is 1. The predicted octanol–water partition coefficient (Wildman–Crippen LogP) is 3.23. The Morgan fingerprint density at radius 1 is 1.35 bits per heavy atom. The Balaban J connectivity index is 1.61. The molecule has 0 bridgehead atoms. The highest BCUT2D eigenvalue weighted by Crippen LogP contribution is 2.23. The molecule has 3 rings (SSSR count). The van der Waals surface area contributed by atoms with Gasteiger partial charge in [-0.15, -0.1) is 0 Å². The highest BCUT2D eigenvalue weighted by molar-refractivity contribution is 5.80. The SMILES string of the molecule is Cc1ccc(C[C@@H]2CCCN(C(=O)[C@@H](C)n3ccnc3)C2)cc1. The van der Waals surface area contributed by atoms with Gasteiger partial charge in [-0.1, -0.05) is 29.8 Å². The van der Waals surface area contributed by atoms with Crippen molar-refractivity contribution in [3.8, 4) is 0 Å². The van der Waals surface area contributed by atoms with Crippen LogP contribution in [0.3, 0.4) is 0 Å². The highest BCUT2D eigenvalue weighted by Gasteiger charge is 2.27. The summed E-state index contributed by atoms with van der Waals surface area (Å²) in [6.45, 7) is 5.81. The van der Waals surface area contributed by atoms with Crippen LogP contribution in [0.4, 0.5) is 0 Å². The molecule has 0 N–H and O–H groups in total. The Labute approximate surface area is 138 Å². The number of aromatic nitrogens is 2. The van der Waals surface area contributed by atoms with Crippen molar-refractivity contribution in [2.24, 2.45) is 5.92 Å². The Morgan fingerprint density at radius 3 is 2.83 bits per heavy atom. The number of carbonyl (C=O) groups excluding carboxylic acids is 1. The molecule has 2 aromatic rings. The molecule has 1 aliphatic rings. The molecule has 1 amide bonds. The van der Waals surface area contributed by atoms with Gasteiger partial charge >= 0.3 is 0 Å². The lowest BCUT2D eigenvalue weighted by Gasteiger charge is -2.34. The lowest BCUT2D eigenvalue weighted by Crippen LogP contribution is -2.43. The largest absolute Gasteiger partial charge is 0.341 e. The molecule has 2 atom stereocenters. The minimum atomic E-state index is -0.171. The van der Waals surface area contributed by atoms with E-state index in [4.69, 9.17) is 0 Å². The first-order chi connectivity index (χ1) is 11.1. The van der Waals surface area contributed by atoms with Crippen LogP contribution in [-0.4, -0.2) is 33.4 Å². The molecule has 0 saturated carbocycles. The highest BCUT2D eigenvalue weighted by atomic mass is 16.2. The minimum Gasteiger partial charge on any atom is -0.341 e. The fourth-order valence-electron chi connectivity index (χ4n) is 3.38. The van der Waals surface area contributed by atoms with Gasteiger partial charge in [0.05, 0.1) is 6.33 Å². The summed E-state index contributed by atoms with van der Waals surface area (Å²) in [6.07, 6.45) is 8.66. The third kappa shape index (κ3) is 3.81. The Kier molecular flexibility index (Phi) is 4.79. The third-order valence-corrected chi connectivity index (χ3v) is 4.81. The maximum Gasteiger partial charge on any atom is 0.245 e. The number of rotatable bonds is 4. The molecule has 4 heteroatoms. The average Bonchev–Trinajstić information content (AvgIpc) is 3.10. The Morgan fingerprint density at radius 2 is 2.13 bits per heavy atom. The first-order valence-corrected chi connectivity index (χ1v) is 8.45. The second kappa shape index (κ2) is 6.99. The molecule has 1 aromatic heterocycles. The number of benzene rings is 1. The summed E-state index contributed by atoms with van der Waals surface area (Å²) in [5.41, 5.74) is 2.67. The Hall–Kier alpha value is -2.10. The molecule has 122 valence electrons. The van der Waals surface area contributed by atoms with Crippen LogP contribution in [0.5, 0.6) is 0 Å². The van der Waals surface area contributed by atoms with Gasteiger partial charge in [0, 0.05) is 25.5 Å². The van der Waals surface area contributed by atoms with Crippen LogP contribution in [0.1, 0.15) is 36.9 Å². The van der Waals surface area contributed by atoms with Crippen molar-refractivity contribution in [1.82, 2.24) is 14.5 Å². The summed E-state index contributed by atoms with van der Waals surface area (Å²) in [4.78, 5) is 18.8. The molecular formula is C19H25N3O. The van der Waals surface area contributed by atoms with E-state index in [1.807, 2.05) is 22.6 Å². The average molecular weight is 311 g/mol. The van der Waals surface area contributed by atoms with Gasteiger partial charge in [-0.2, -0.15) is 0 Å². The maximum absolute atomic E-state index is 12.7. The summed E-state index contributed by atoms with van der Waals surface area (Å²) in [6, 6.07) is 8.59. The van der Waals surface area contributed by atoms with Gasteiger partial charge in [0.15, 0.2) is 0 Å². The van der Waals surface area contributed by atoms with Gasteiger partial charge in [-0.25, -0.2) is 4.98 Å². The van der Waals surface area contributed by atoms with E-state index in [-0.39, 0.29) is 11.9 Å². The van der Waals surface area contributed by atoms with Crippen molar-refractivity contribution in [2.45, 2.75) is 39.2 Å². The fourth-order valence-corrected chi connectivity index (χ4v) is 3.38. The molecule has 4 nitrogen and oxygen atoms in total. The number of likely N-dealkylation sites (tertiary alicyclic amines) is 1. The summed E-state index contributed by atoms with van der Waals surface area (Å²) in [5, 5.41) is 0. The van der Waals surface area contributed by atoms with E-state index in [0.717, 1.165) is 25.9 Å². The van der Waals surface area contributed by atoms with E-state index in [1.165, 1.54) is 17.5 Å². The van der Waals surface area contributed by atoms with E-state index < -0.39 is 0 Å². The van der Waals surface area contributed by atoms with Gasteiger partial charge in [-0.3, -0.25) is 4.79 Å². The number of aryl methyl sites for hydroxylation is 1. The zero-order valence-corrected chi connectivity index (χ0v) is 14.0. The van der Waals surface area contributed by atoms with Crippen molar-refractivity contribution in [3.05, 3.63) is 54.1 Å².